The first-order chi connectivity index (χ1) is 6.74. The van der Waals surface area contributed by atoms with Crippen LogP contribution in [0.1, 0.15) is 25.6 Å². The van der Waals surface area contributed by atoms with Gasteiger partial charge in [0.25, 0.3) is 0 Å². The van der Waals surface area contributed by atoms with Crippen molar-refractivity contribution >= 4 is 23.1 Å². The molecule has 1 N–H and O–H groups in total. The lowest BCUT2D eigenvalue weighted by molar-refractivity contribution is 0.495. The SMILES string of the molecule is CSCC(C)CNC(C)c1cscn1. The molecule has 2 nitrogen and oxygen atoms in total. The summed E-state index contributed by atoms with van der Waals surface area (Å²) in [5.41, 5.74) is 3.05. The van der Waals surface area contributed by atoms with Crippen LogP contribution < -0.4 is 5.32 Å². The molecule has 0 aliphatic rings. The molecule has 0 amide bonds. The van der Waals surface area contributed by atoms with Crippen LogP contribution in [0.2, 0.25) is 0 Å². The third-order valence-corrected chi connectivity index (χ3v) is 3.63. The zero-order valence-electron chi connectivity index (χ0n) is 8.99. The molecule has 1 heterocycles. The predicted molar refractivity (Wildman–Crippen MR) is 66.1 cm³/mol. The van der Waals surface area contributed by atoms with E-state index in [-0.39, 0.29) is 0 Å². The normalized spacial score (nSPS) is 15.4. The monoisotopic (exact) mass is 230 g/mol. The maximum absolute atomic E-state index is 4.29. The van der Waals surface area contributed by atoms with Crippen molar-refractivity contribution in [2.75, 3.05) is 18.6 Å². The fourth-order valence-electron chi connectivity index (χ4n) is 1.26. The minimum Gasteiger partial charge on any atom is -0.309 e. The van der Waals surface area contributed by atoms with E-state index in [4.69, 9.17) is 0 Å². The second kappa shape index (κ2) is 6.43. The van der Waals surface area contributed by atoms with E-state index in [0.717, 1.165) is 18.2 Å². The Balaban J connectivity index is 2.24. The molecule has 1 aromatic rings. The lowest BCUT2D eigenvalue weighted by Gasteiger charge is -2.15. The number of rotatable bonds is 6. The number of nitrogens with zero attached hydrogens (tertiary/aromatic N) is 1. The van der Waals surface area contributed by atoms with E-state index >= 15 is 0 Å². The van der Waals surface area contributed by atoms with E-state index in [1.807, 2.05) is 17.3 Å². The maximum atomic E-state index is 4.29. The van der Waals surface area contributed by atoms with Gasteiger partial charge in [-0.15, -0.1) is 11.3 Å². The number of hydrogen-bond acceptors (Lipinski definition) is 4. The van der Waals surface area contributed by atoms with Crippen LogP contribution in [0.25, 0.3) is 0 Å². The van der Waals surface area contributed by atoms with Gasteiger partial charge >= 0.3 is 0 Å². The lowest BCUT2D eigenvalue weighted by atomic mass is 10.2. The fraction of sp³-hybridized carbons (Fsp3) is 0.700. The number of thioether (sulfide) groups is 1. The number of thiazole rings is 1. The molecule has 0 saturated heterocycles. The summed E-state index contributed by atoms with van der Waals surface area (Å²) in [7, 11) is 0. The zero-order valence-corrected chi connectivity index (χ0v) is 10.6. The Labute approximate surface area is 94.5 Å². The average molecular weight is 230 g/mol. The van der Waals surface area contributed by atoms with Gasteiger partial charge in [-0.1, -0.05) is 6.92 Å². The van der Waals surface area contributed by atoms with Gasteiger partial charge in [-0.2, -0.15) is 11.8 Å². The van der Waals surface area contributed by atoms with Crippen LogP contribution >= 0.6 is 23.1 Å². The summed E-state index contributed by atoms with van der Waals surface area (Å²) in [5, 5.41) is 5.61. The van der Waals surface area contributed by atoms with Crippen LogP contribution in [0.3, 0.4) is 0 Å². The van der Waals surface area contributed by atoms with Crippen molar-refractivity contribution in [2.24, 2.45) is 5.92 Å². The number of aromatic nitrogens is 1. The minimum atomic E-state index is 0.380. The molecule has 0 aliphatic heterocycles. The summed E-state index contributed by atoms with van der Waals surface area (Å²) >= 11 is 3.56. The molecule has 1 rings (SSSR count). The Bertz CT molecular complexity index is 236. The molecule has 0 aliphatic carbocycles. The van der Waals surface area contributed by atoms with Gasteiger partial charge in [-0.25, -0.2) is 4.98 Å². The summed E-state index contributed by atoms with van der Waals surface area (Å²) in [5.74, 6) is 1.95. The topological polar surface area (TPSA) is 24.9 Å². The molecule has 0 bridgehead atoms. The molecule has 2 atom stereocenters. The summed E-state index contributed by atoms with van der Waals surface area (Å²) in [6, 6.07) is 0.380. The van der Waals surface area contributed by atoms with Crippen molar-refractivity contribution in [3.63, 3.8) is 0 Å². The molecule has 14 heavy (non-hydrogen) atoms. The summed E-state index contributed by atoms with van der Waals surface area (Å²) in [6.45, 7) is 5.51. The van der Waals surface area contributed by atoms with E-state index < -0.39 is 0 Å². The lowest BCUT2D eigenvalue weighted by Crippen LogP contribution is -2.25. The highest BCUT2D eigenvalue weighted by Gasteiger charge is 2.08. The van der Waals surface area contributed by atoms with Crippen LogP contribution in [0.4, 0.5) is 0 Å². The Morgan fingerprint density at radius 1 is 1.57 bits per heavy atom. The van der Waals surface area contributed by atoms with E-state index in [9.17, 15) is 0 Å². The molecule has 0 saturated carbocycles. The number of hydrogen-bond donors (Lipinski definition) is 1. The van der Waals surface area contributed by atoms with Gasteiger partial charge in [0.05, 0.1) is 11.2 Å². The quantitative estimate of drug-likeness (QED) is 0.813. The first-order valence-electron chi connectivity index (χ1n) is 4.84. The average Bonchev–Trinajstić information content (AvgIpc) is 2.67. The molecular formula is C10H18N2S2. The van der Waals surface area contributed by atoms with E-state index in [0.29, 0.717) is 6.04 Å². The largest absolute Gasteiger partial charge is 0.309 e. The van der Waals surface area contributed by atoms with Gasteiger partial charge < -0.3 is 5.32 Å². The highest BCUT2D eigenvalue weighted by molar-refractivity contribution is 7.98. The Morgan fingerprint density at radius 2 is 2.36 bits per heavy atom. The molecule has 0 radical (unpaired) electrons. The van der Waals surface area contributed by atoms with E-state index in [1.165, 1.54) is 5.75 Å². The zero-order chi connectivity index (χ0) is 10.4. The van der Waals surface area contributed by atoms with Gasteiger partial charge in [-0.3, -0.25) is 0 Å². The van der Waals surface area contributed by atoms with Gasteiger partial charge in [0.1, 0.15) is 0 Å². The molecule has 0 fully saturated rings. The molecule has 2 unspecified atom stereocenters. The first-order valence-corrected chi connectivity index (χ1v) is 7.18. The molecule has 0 spiro atoms. The summed E-state index contributed by atoms with van der Waals surface area (Å²) in [4.78, 5) is 4.29. The number of nitrogens with one attached hydrogen (secondary N) is 1. The van der Waals surface area contributed by atoms with Crippen LogP contribution in [-0.2, 0) is 0 Å². The Kier molecular flexibility index (Phi) is 5.52. The van der Waals surface area contributed by atoms with Crippen molar-refractivity contribution < 1.29 is 0 Å². The molecule has 4 heteroatoms. The van der Waals surface area contributed by atoms with Crippen molar-refractivity contribution in [2.45, 2.75) is 19.9 Å². The minimum absolute atomic E-state index is 0.380. The van der Waals surface area contributed by atoms with Crippen LogP contribution in [0, 0.1) is 5.92 Å². The highest BCUT2D eigenvalue weighted by atomic mass is 32.2. The van der Waals surface area contributed by atoms with Gasteiger partial charge in [0, 0.05) is 11.4 Å². The third-order valence-electron chi connectivity index (χ3n) is 2.12. The second-order valence-corrected chi connectivity index (χ2v) is 5.23. The highest BCUT2D eigenvalue weighted by Crippen LogP contribution is 2.12. The van der Waals surface area contributed by atoms with Gasteiger partial charge in [-0.05, 0) is 31.4 Å². The molecule has 80 valence electrons. The van der Waals surface area contributed by atoms with Crippen molar-refractivity contribution in [1.82, 2.24) is 10.3 Å². The fourth-order valence-corrected chi connectivity index (χ4v) is 2.60. The molecular weight excluding hydrogens is 212 g/mol. The van der Waals surface area contributed by atoms with Crippen molar-refractivity contribution in [3.05, 3.63) is 16.6 Å². The van der Waals surface area contributed by atoms with Gasteiger partial charge in [0.2, 0.25) is 0 Å². The summed E-state index contributed by atoms with van der Waals surface area (Å²) < 4.78 is 0. The summed E-state index contributed by atoms with van der Waals surface area (Å²) in [6.07, 6.45) is 2.15. The van der Waals surface area contributed by atoms with Crippen molar-refractivity contribution in [3.8, 4) is 0 Å². The predicted octanol–water partition coefficient (Wildman–Crippen LogP) is 2.79. The Morgan fingerprint density at radius 3 is 2.93 bits per heavy atom. The van der Waals surface area contributed by atoms with Crippen molar-refractivity contribution in [1.29, 1.82) is 0 Å². The second-order valence-electron chi connectivity index (χ2n) is 3.60. The van der Waals surface area contributed by atoms with Crippen LogP contribution in [-0.4, -0.2) is 23.5 Å². The Hall–Kier alpha value is -0.0600. The van der Waals surface area contributed by atoms with E-state index in [2.05, 4.69) is 35.8 Å². The molecule has 1 aromatic heterocycles. The van der Waals surface area contributed by atoms with E-state index in [1.54, 1.807) is 11.3 Å². The van der Waals surface area contributed by atoms with Crippen LogP contribution in [0.5, 0.6) is 0 Å². The third kappa shape index (κ3) is 3.98. The first kappa shape index (κ1) is 12.0. The van der Waals surface area contributed by atoms with Crippen LogP contribution in [0.15, 0.2) is 10.9 Å². The van der Waals surface area contributed by atoms with Gasteiger partial charge in [0.15, 0.2) is 0 Å². The standard InChI is InChI=1S/C10H18N2S2/c1-8(5-13-3)4-11-9(2)10-6-14-7-12-10/h6-9,11H,4-5H2,1-3H3. The smallest absolute Gasteiger partial charge is 0.0795 e. The molecule has 0 aromatic carbocycles. The maximum Gasteiger partial charge on any atom is 0.0795 e.